The topological polar surface area (TPSA) is 91.7 Å². The first-order chi connectivity index (χ1) is 15.2. The van der Waals surface area contributed by atoms with Gasteiger partial charge in [-0.3, -0.25) is 4.79 Å². The van der Waals surface area contributed by atoms with E-state index in [4.69, 9.17) is 11.6 Å². The molecule has 32 heavy (non-hydrogen) atoms. The number of anilines is 1. The van der Waals surface area contributed by atoms with E-state index < -0.39 is 10.0 Å². The van der Waals surface area contributed by atoms with Crippen molar-refractivity contribution in [3.05, 3.63) is 64.8 Å². The van der Waals surface area contributed by atoms with Crippen LogP contribution in [0.3, 0.4) is 0 Å². The third-order valence-electron chi connectivity index (χ3n) is 4.31. The Morgan fingerprint density at radius 1 is 1.22 bits per heavy atom. The summed E-state index contributed by atoms with van der Waals surface area (Å²) in [6.45, 7) is 1.68. The first kappa shape index (κ1) is 23.3. The molecule has 0 aliphatic rings. The monoisotopic (exact) mass is 468 g/mol. The standard InChI is InChI=1S/C23H21ClN4O3S/c1-4-7-17-10-11-19-21(26-17)13-18(14-22(19)32(30,31)25-15-28(2)3)27-23(29)12-16-8-5-6-9-20(16)24/h5-6,8-11,13-15H,12H2,1-3H3,(H,27,29)/b25-15+. The number of nitrogens with zero attached hydrogens (tertiary/aromatic N) is 3. The molecule has 0 atom stereocenters. The van der Waals surface area contributed by atoms with Gasteiger partial charge in [-0.1, -0.05) is 35.7 Å². The molecule has 7 nitrogen and oxygen atoms in total. The first-order valence-electron chi connectivity index (χ1n) is 9.57. The molecule has 1 heterocycles. The van der Waals surface area contributed by atoms with Gasteiger partial charge in [0, 0.05) is 30.2 Å². The van der Waals surface area contributed by atoms with Gasteiger partial charge in [0.15, 0.2) is 0 Å². The highest BCUT2D eigenvalue weighted by atomic mass is 35.5. The van der Waals surface area contributed by atoms with Gasteiger partial charge in [0.2, 0.25) is 5.91 Å². The Morgan fingerprint density at radius 3 is 2.66 bits per heavy atom. The summed E-state index contributed by atoms with van der Waals surface area (Å²) in [7, 11) is -0.719. The second kappa shape index (κ2) is 9.81. The third-order valence-corrected chi connectivity index (χ3v) is 5.94. The molecule has 0 radical (unpaired) electrons. The van der Waals surface area contributed by atoms with Crippen molar-refractivity contribution < 1.29 is 13.2 Å². The molecule has 3 rings (SSSR count). The van der Waals surface area contributed by atoms with Crippen LogP contribution in [0.25, 0.3) is 10.9 Å². The van der Waals surface area contributed by atoms with Crippen molar-refractivity contribution in [1.82, 2.24) is 9.88 Å². The van der Waals surface area contributed by atoms with E-state index in [9.17, 15) is 13.2 Å². The van der Waals surface area contributed by atoms with Crippen molar-refractivity contribution >= 4 is 50.5 Å². The van der Waals surface area contributed by atoms with E-state index in [1.165, 1.54) is 17.3 Å². The van der Waals surface area contributed by atoms with Crippen LogP contribution in [0.15, 0.2) is 57.8 Å². The second-order valence-corrected chi connectivity index (χ2v) is 9.10. The van der Waals surface area contributed by atoms with Crippen LogP contribution in [0.5, 0.6) is 0 Å². The molecule has 0 spiro atoms. The Hall–Kier alpha value is -3.41. The number of nitrogens with one attached hydrogen (secondary N) is 1. The van der Waals surface area contributed by atoms with E-state index in [2.05, 4.69) is 26.5 Å². The number of benzene rings is 2. The Bertz CT molecular complexity index is 1370. The summed E-state index contributed by atoms with van der Waals surface area (Å²) in [5, 5.41) is 3.60. The zero-order chi connectivity index (χ0) is 23.3. The zero-order valence-corrected chi connectivity index (χ0v) is 19.3. The minimum absolute atomic E-state index is 0.0351. The lowest BCUT2D eigenvalue weighted by Gasteiger charge is -2.11. The number of carbonyl (C=O) groups is 1. The lowest BCUT2D eigenvalue weighted by molar-refractivity contribution is -0.115. The van der Waals surface area contributed by atoms with Crippen LogP contribution < -0.4 is 5.32 Å². The fraction of sp³-hybridized carbons (Fsp3) is 0.174. The number of hydrogen-bond acceptors (Lipinski definition) is 4. The SMILES string of the molecule is CC#Cc1ccc2c(S(=O)(=O)/N=C/N(C)C)cc(NC(=O)Cc3ccccc3Cl)cc2n1. The maximum Gasteiger partial charge on any atom is 0.284 e. The molecule has 0 saturated carbocycles. The maximum atomic E-state index is 12.9. The number of halogens is 1. The van der Waals surface area contributed by atoms with Crippen molar-refractivity contribution in [2.75, 3.05) is 19.4 Å². The normalized spacial score (nSPS) is 11.2. The molecule has 0 saturated heterocycles. The van der Waals surface area contributed by atoms with Gasteiger partial charge in [-0.15, -0.1) is 4.40 Å². The van der Waals surface area contributed by atoms with Gasteiger partial charge in [0.1, 0.15) is 16.9 Å². The maximum absolute atomic E-state index is 12.9. The summed E-state index contributed by atoms with van der Waals surface area (Å²) in [4.78, 5) is 18.5. The van der Waals surface area contributed by atoms with Crippen LogP contribution in [0.2, 0.25) is 5.02 Å². The summed E-state index contributed by atoms with van der Waals surface area (Å²) in [5.74, 6) is 5.27. The fourth-order valence-electron chi connectivity index (χ4n) is 2.92. The van der Waals surface area contributed by atoms with Gasteiger partial charge >= 0.3 is 0 Å². The first-order valence-corrected chi connectivity index (χ1v) is 11.4. The third kappa shape index (κ3) is 5.63. The van der Waals surface area contributed by atoms with Crippen LogP contribution in [-0.4, -0.2) is 44.6 Å². The Morgan fingerprint density at radius 2 is 1.97 bits per heavy atom. The number of aromatic nitrogens is 1. The molecule has 2 aromatic carbocycles. The number of fused-ring (bicyclic) bond motifs is 1. The van der Waals surface area contributed by atoms with E-state index in [0.29, 0.717) is 27.2 Å². The summed E-state index contributed by atoms with van der Waals surface area (Å²) in [6.07, 6.45) is 1.24. The molecule has 0 aliphatic heterocycles. The van der Waals surface area contributed by atoms with Crippen LogP contribution in [-0.2, 0) is 21.2 Å². The van der Waals surface area contributed by atoms with Crippen molar-refractivity contribution in [2.24, 2.45) is 4.40 Å². The van der Waals surface area contributed by atoms with Crippen LogP contribution >= 0.6 is 11.6 Å². The molecule has 0 fully saturated rings. The highest BCUT2D eigenvalue weighted by Gasteiger charge is 2.19. The Labute approximate surface area is 192 Å². The number of amides is 1. The minimum Gasteiger partial charge on any atom is -0.368 e. The molecule has 1 aromatic heterocycles. The molecular weight excluding hydrogens is 448 g/mol. The number of carbonyl (C=O) groups excluding carboxylic acids is 1. The van der Waals surface area contributed by atoms with Gasteiger partial charge in [0.05, 0.1) is 11.9 Å². The minimum atomic E-state index is -4.05. The second-order valence-electron chi connectivity index (χ2n) is 7.09. The Kier molecular flexibility index (Phi) is 7.13. The van der Waals surface area contributed by atoms with Crippen LogP contribution in [0, 0.1) is 11.8 Å². The molecule has 9 heteroatoms. The molecule has 3 aromatic rings. The molecule has 1 amide bonds. The largest absolute Gasteiger partial charge is 0.368 e. The summed E-state index contributed by atoms with van der Waals surface area (Å²) in [6, 6.07) is 13.3. The number of rotatable bonds is 6. The van der Waals surface area contributed by atoms with Crippen molar-refractivity contribution in [2.45, 2.75) is 18.2 Å². The predicted molar refractivity (Wildman–Crippen MR) is 127 cm³/mol. The summed E-state index contributed by atoms with van der Waals surface area (Å²) >= 11 is 6.14. The lowest BCUT2D eigenvalue weighted by Crippen LogP contribution is -2.15. The van der Waals surface area contributed by atoms with Gasteiger partial charge in [-0.05, 0) is 48.7 Å². The quantitative estimate of drug-likeness (QED) is 0.338. The van der Waals surface area contributed by atoms with Gasteiger partial charge in [-0.2, -0.15) is 8.42 Å². The molecular formula is C23H21ClN4O3S. The Balaban J connectivity index is 2.06. The molecule has 0 bridgehead atoms. The smallest absolute Gasteiger partial charge is 0.284 e. The zero-order valence-electron chi connectivity index (χ0n) is 17.8. The highest BCUT2D eigenvalue weighted by molar-refractivity contribution is 7.90. The van der Waals surface area contributed by atoms with E-state index in [-0.39, 0.29) is 22.9 Å². The number of pyridine rings is 1. The lowest BCUT2D eigenvalue weighted by atomic mass is 10.1. The molecule has 0 aliphatic carbocycles. The number of sulfonamides is 1. The summed E-state index contributed by atoms with van der Waals surface area (Å²) < 4.78 is 29.6. The van der Waals surface area contributed by atoms with Crippen molar-refractivity contribution in [1.29, 1.82) is 0 Å². The molecule has 1 N–H and O–H groups in total. The van der Waals surface area contributed by atoms with E-state index >= 15 is 0 Å². The average molecular weight is 469 g/mol. The van der Waals surface area contributed by atoms with Gasteiger partial charge < -0.3 is 10.2 Å². The van der Waals surface area contributed by atoms with Crippen LogP contribution in [0.1, 0.15) is 18.2 Å². The molecule has 0 unspecified atom stereocenters. The van der Waals surface area contributed by atoms with Gasteiger partial charge in [-0.25, -0.2) is 4.98 Å². The number of hydrogen-bond donors (Lipinski definition) is 1. The predicted octanol–water partition coefficient (Wildman–Crippen LogP) is 3.72. The van der Waals surface area contributed by atoms with Gasteiger partial charge in [0.25, 0.3) is 10.0 Å². The molecule has 164 valence electrons. The van der Waals surface area contributed by atoms with E-state index in [1.807, 2.05) is 0 Å². The van der Waals surface area contributed by atoms with E-state index in [0.717, 1.165) is 0 Å². The van der Waals surface area contributed by atoms with Crippen molar-refractivity contribution in [3.63, 3.8) is 0 Å². The highest BCUT2D eigenvalue weighted by Crippen LogP contribution is 2.28. The summed E-state index contributed by atoms with van der Waals surface area (Å²) in [5.41, 5.74) is 1.80. The van der Waals surface area contributed by atoms with Crippen LogP contribution in [0.4, 0.5) is 5.69 Å². The van der Waals surface area contributed by atoms with Crippen molar-refractivity contribution in [3.8, 4) is 11.8 Å². The average Bonchev–Trinajstić information content (AvgIpc) is 2.73. The van der Waals surface area contributed by atoms with E-state index in [1.54, 1.807) is 63.5 Å². The fourth-order valence-corrected chi connectivity index (χ4v) is 4.27.